The first-order valence-corrected chi connectivity index (χ1v) is 9.59. The first-order chi connectivity index (χ1) is 11.8. The Morgan fingerprint density at radius 1 is 1.44 bits per heavy atom. The topological polar surface area (TPSA) is 135 Å². The zero-order valence-corrected chi connectivity index (χ0v) is 14.7. The van der Waals surface area contributed by atoms with Crippen molar-refractivity contribution in [2.45, 2.75) is 35.7 Å². The standard InChI is InChI=1S/C14H16ClN5O4S/c15-9-5-10(11(16)17-6-9)25(22,23)20-4-3-14(21,7-20)13-18-12(19-24-13)8-1-2-8/h5-6,8,21H,1-4,7H2,(H2,16,17)/t14-/m1/s1. The van der Waals surface area contributed by atoms with Crippen molar-refractivity contribution in [2.24, 2.45) is 0 Å². The number of aromatic nitrogens is 3. The Bertz CT molecular complexity index is 929. The van der Waals surface area contributed by atoms with E-state index in [4.69, 9.17) is 21.9 Å². The molecule has 2 fully saturated rings. The van der Waals surface area contributed by atoms with Gasteiger partial charge in [0.15, 0.2) is 11.4 Å². The average Bonchev–Trinajstić information content (AvgIpc) is 3.13. The monoisotopic (exact) mass is 385 g/mol. The summed E-state index contributed by atoms with van der Waals surface area (Å²) in [6.07, 6.45) is 3.42. The van der Waals surface area contributed by atoms with Crippen molar-refractivity contribution < 1.29 is 18.0 Å². The number of halogens is 1. The van der Waals surface area contributed by atoms with E-state index in [1.807, 2.05) is 0 Å². The van der Waals surface area contributed by atoms with Gasteiger partial charge in [-0.15, -0.1) is 0 Å². The number of hydrogen-bond acceptors (Lipinski definition) is 8. The minimum absolute atomic E-state index is 0.0456. The highest BCUT2D eigenvalue weighted by molar-refractivity contribution is 7.89. The van der Waals surface area contributed by atoms with Crippen LogP contribution in [0.1, 0.15) is 36.9 Å². The van der Waals surface area contributed by atoms with Gasteiger partial charge in [0.25, 0.3) is 5.89 Å². The van der Waals surface area contributed by atoms with Crippen molar-refractivity contribution in [2.75, 3.05) is 18.8 Å². The summed E-state index contributed by atoms with van der Waals surface area (Å²) in [5.41, 5.74) is 4.17. The number of hydrogen-bond donors (Lipinski definition) is 2. The fraction of sp³-hybridized carbons (Fsp3) is 0.500. The van der Waals surface area contributed by atoms with E-state index in [0.717, 1.165) is 17.1 Å². The van der Waals surface area contributed by atoms with Gasteiger partial charge in [-0.3, -0.25) is 0 Å². The van der Waals surface area contributed by atoms with Crippen molar-refractivity contribution >= 4 is 27.4 Å². The highest BCUT2D eigenvalue weighted by atomic mass is 35.5. The summed E-state index contributed by atoms with van der Waals surface area (Å²) in [6, 6.07) is 1.24. The number of sulfonamides is 1. The molecule has 1 aliphatic carbocycles. The molecule has 1 saturated carbocycles. The summed E-state index contributed by atoms with van der Waals surface area (Å²) >= 11 is 5.84. The summed E-state index contributed by atoms with van der Waals surface area (Å²) in [4.78, 5) is 7.83. The zero-order chi connectivity index (χ0) is 17.8. The molecule has 0 spiro atoms. The van der Waals surface area contributed by atoms with E-state index in [1.165, 1.54) is 12.3 Å². The van der Waals surface area contributed by atoms with E-state index < -0.39 is 15.6 Å². The third-order valence-electron chi connectivity index (χ3n) is 4.46. The van der Waals surface area contributed by atoms with Crippen molar-refractivity contribution in [3.8, 4) is 0 Å². The van der Waals surface area contributed by atoms with Gasteiger partial charge in [-0.25, -0.2) is 13.4 Å². The largest absolute Gasteiger partial charge is 0.383 e. The third kappa shape index (κ3) is 2.88. The van der Waals surface area contributed by atoms with E-state index in [-0.39, 0.29) is 47.1 Å². The van der Waals surface area contributed by atoms with Crippen LogP contribution in [0.2, 0.25) is 5.02 Å². The van der Waals surface area contributed by atoms with Crippen LogP contribution in [-0.4, -0.2) is 46.0 Å². The van der Waals surface area contributed by atoms with Crippen molar-refractivity contribution in [1.29, 1.82) is 0 Å². The van der Waals surface area contributed by atoms with Gasteiger partial charge in [0.2, 0.25) is 10.0 Å². The quantitative estimate of drug-likeness (QED) is 0.790. The second-order valence-corrected chi connectivity index (χ2v) is 8.73. The van der Waals surface area contributed by atoms with E-state index >= 15 is 0 Å². The number of nitrogen functional groups attached to an aromatic ring is 1. The number of nitrogens with zero attached hydrogens (tertiary/aromatic N) is 4. The van der Waals surface area contributed by atoms with Gasteiger partial charge in [0, 0.05) is 25.1 Å². The van der Waals surface area contributed by atoms with Crippen molar-refractivity contribution in [1.82, 2.24) is 19.4 Å². The second-order valence-electron chi connectivity index (χ2n) is 6.39. The zero-order valence-electron chi connectivity index (χ0n) is 13.1. The summed E-state index contributed by atoms with van der Waals surface area (Å²) in [5, 5.41) is 14.8. The molecule has 2 aromatic heterocycles. The van der Waals surface area contributed by atoms with Crippen LogP contribution in [0.4, 0.5) is 5.82 Å². The molecule has 3 heterocycles. The predicted molar refractivity (Wildman–Crippen MR) is 87.2 cm³/mol. The molecule has 3 N–H and O–H groups in total. The molecule has 0 amide bonds. The number of β-amino-alcohol motifs (C(OH)–C–C–N with tert-alkyl or cyclic N) is 1. The molecule has 1 aliphatic heterocycles. The highest BCUT2D eigenvalue weighted by Crippen LogP contribution is 2.40. The SMILES string of the molecule is Nc1ncc(Cl)cc1S(=O)(=O)N1CC[C@](O)(c2nc(C3CC3)no2)C1. The molecular formula is C14H16ClN5O4S. The Morgan fingerprint density at radius 2 is 2.20 bits per heavy atom. The van der Waals surface area contributed by atoms with Gasteiger partial charge in [-0.2, -0.15) is 9.29 Å². The van der Waals surface area contributed by atoms with E-state index in [2.05, 4.69) is 15.1 Å². The van der Waals surface area contributed by atoms with Crippen molar-refractivity contribution in [3.05, 3.63) is 29.0 Å². The summed E-state index contributed by atoms with van der Waals surface area (Å²) in [7, 11) is -3.96. The Morgan fingerprint density at radius 3 is 2.92 bits per heavy atom. The van der Waals surface area contributed by atoms with Gasteiger partial charge in [-0.05, 0) is 18.9 Å². The highest BCUT2D eigenvalue weighted by Gasteiger charge is 2.47. The molecular weight excluding hydrogens is 370 g/mol. The van der Waals surface area contributed by atoms with Crippen LogP contribution in [-0.2, 0) is 15.6 Å². The molecule has 2 aromatic rings. The van der Waals surface area contributed by atoms with Crippen LogP contribution < -0.4 is 5.73 Å². The molecule has 0 bridgehead atoms. The minimum atomic E-state index is -3.96. The maximum Gasteiger partial charge on any atom is 0.260 e. The molecule has 11 heteroatoms. The Kier molecular flexibility index (Phi) is 3.76. The maximum atomic E-state index is 12.8. The first-order valence-electron chi connectivity index (χ1n) is 7.77. The molecule has 0 aromatic carbocycles. The lowest BCUT2D eigenvalue weighted by atomic mass is 10.0. The summed E-state index contributed by atoms with van der Waals surface area (Å²) in [5.74, 6) is 0.741. The molecule has 134 valence electrons. The number of nitrogens with two attached hydrogens (primary N) is 1. The lowest BCUT2D eigenvalue weighted by Gasteiger charge is -2.20. The molecule has 0 unspecified atom stereocenters. The van der Waals surface area contributed by atoms with Crippen LogP contribution in [0.3, 0.4) is 0 Å². The molecule has 1 atom stereocenters. The number of rotatable bonds is 4. The fourth-order valence-corrected chi connectivity index (χ4v) is 4.66. The molecule has 9 nitrogen and oxygen atoms in total. The fourth-order valence-electron chi connectivity index (χ4n) is 2.85. The van der Waals surface area contributed by atoms with Crippen molar-refractivity contribution in [3.63, 3.8) is 0 Å². The van der Waals surface area contributed by atoms with Gasteiger partial charge < -0.3 is 15.4 Å². The third-order valence-corrected chi connectivity index (χ3v) is 6.54. The Hall–Kier alpha value is -1.75. The van der Waals surface area contributed by atoms with Crippen LogP contribution >= 0.6 is 11.6 Å². The van der Waals surface area contributed by atoms with Crippen LogP contribution in [0, 0.1) is 0 Å². The van der Waals surface area contributed by atoms with Gasteiger partial charge >= 0.3 is 0 Å². The van der Waals surface area contributed by atoms with E-state index in [9.17, 15) is 13.5 Å². The van der Waals surface area contributed by atoms with Gasteiger partial charge in [-0.1, -0.05) is 16.8 Å². The van der Waals surface area contributed by atoms with Crippen LogP contribution in [0.25, 0.3) is 0 Å². The average molecular weight is 386 g/mol. The lowest BCUT2D eigenvalue weighted by molar-refractivity contribution is 0.0194. The molecule has 25 heavy (non-hydrogen) atoms. The van der Waals surface area contributed by atoms with Gasteiger partial charge in [0.05, 0.1) is 11.6 Å². The first kappa shape index (κ1) is 16.7. The number of anilines is 1. The minimum Gasteiger partial charge on any atom is -0.383 e. The second kappa shape index (κ2) is 5.63. The number of aliphatic hydroxyl groups is 1. The van der Waals surface area contributed by atoms with E-state index in [1.54, 1.807) is 0 Å². The van der Waals surface area contributed by atoms with Crippen LogP contribution in [0.5, 0.6) is 0 Å². The Labute approximate surface area is 148 Å². The predicted octanol–water partition coefficient (Wildman–Crippen LogP) is 0.860. The van der Waals surface area contributed by atoms with E-state index in [0.29, 0.717) is 5.82 Å². The van der Waals surface area contributed by atoms with Gasteiger partial charge in [0.1, 0.15) is 10.7 Å². The smallest absolute Gasteiger partial charge is 0.260 e. The molecule has 2 aliphatic rings. The summed E-state index contributed by atoms with van der Waals surface area (Å²) in [6.45, 7) is -0.112. The molecule has 4 rings (SSSR count). The molecule has 0 radical (unpaired) electrons. The maximum absolute atomic E-state index is 12.8. The Balaban J connectivity index is 1.61. The lowest BCUT2D eigenvalue weighted by Crippen LogP contribution is -2.35. The number of pyridine rings is 1. The summed E-state index contributed by atoms with van der Waals surface area (Å²) < 4.78 is 31.9. The normalized spacial score (nSPS) is 24.7. The molecule has 1 saturated heterocycles. The van der Waals surface area contributed by atoms with Crippen LogP contribution in [0.15, 0.2) is 21.7 Å².